The zero-order chi connectivity index (χ0) is 21.5. The summed E-state index contributed by atoms with van der Waals surface area (Å²) in [5, 5.41) is 2.96. The van der Waals surface area contributed by atoms with Gasteiger partial charge in [0.2, 0.25) is 11.8 Å². The van der Waals surface area contributed by atoms with Gasteiger partial charge >= 0.3 is 0 Å². The van der Waals surface area contributed by atoms with E-state index in [2.05, 4.69) is 5.32 Å². The summed E-state index contributed by atoms with van der Waals surface area (Å²) in [5.74, 6) is 0.0692. The number of aryl methyl sites for hydroxylation is 2. The molecule has 1 aliphatic rings. The minimum Gasteiger partial charge on any atom is -0.376 e. The van der Waals surface area contributed by atoms with E-state index in [4.69, 9.17) is 4.74 Å². The van der Waals surface area contributed by atoms with Crippen molar-refractivity contribution >= 4 is 29.3 Å². The summed E-state index contributed by atoms with van der Waals surface area (Å²) < 4.78 is 5.72. The standard InChI is InChI=1S/C24H30N2O3S/c1-17-9-6-11-21(19(17)3)25-23(27)15-26(14-20-10-7-13-29-20)24(28)16-30-22-12-5-4-8-18(22)2/h4-6,8-9,11-12,20H,7,10,13-16H2,1-3H3,(H,25,27). The van der Waals surface area contributed by atoms with Gasteiger partial charge in [0.05, 0.1) is 18.4 Å². The Bertz CT molecular complexity index is 894. The lowest BCUT2D eigenvalue weighted by Gasteiger charge is -2.25. The molecular weight excluding hydrogens is 396 g/mol. The Morgan fingerprint density at radius 3 is 2.60 bits per heavy atom. The fourth-order valence-corrected chi connectivity index (χ4v) is 4.42. The van der Waals surface area contributed by atoms with E-state index in [0.717, 1.165) is 46.7 Å². The van der Waals surface area contributed by atoms with Gasteiger partial charge < -0.3 is 15.0 Å². The highest BCUT2D eigenvalue weighted by atomic mass is 32.2. The van der Waals surface area contributed by atoms with Crippen LogP contribution < -0.4 is 5.32 Å². The first-order chi connectivity index (χ1) is 14.4. The summed E-state index contributed by atoms with van der Waals surface area (Å²) >= 11 is 1.51. The maximum absolute atomic E-state index is 13.0. The van der Waals surface area contributed by atoms with E-state index in [1.807, 2.05) is 63.2 Å². The van der Waals surface area contributed by atoms with E-state index < -0.39 is 0 Å². The second kappa shape index (κ2) is 10.6. The molecule has 1 heterocycles. The van der Waals surface area contributed by atoms with Crippen molar-refractivity contribution < 1.29 is 14.3 Å². The van der Waals surface area contributed by atoms with Gasteiger partial charge in [-0.1, -0.05) is 30.3 Å². The number of ether oxygens (including phenoxy) is 1. The van der Waals surface area contributed by atoms with Gasteiger partial charge in [-0.25, -0.2) is 0 Å². The van der Waals surface area contributed by atoms with E-state index in [0.29, 0.717) is 12.3 Å². The van der Waals surface area contributed by atoms with Crippen LogP contribution in [0.25, 0.3) is 0 Å². The molecule has 6 heteroatoms. The smallest absolute Gasteiger partial charge is 0.244 e. The molecule has 2 aromatic rings. The maximum Gasteiger partial charge on any atom is 0.244 e. The summed E-state index contributed by atoms with van der Waals surface area (Å²) in [6.45, 7) is 7.24. The van der Waals surface area contributed by atoms with Crippen LogP contribution in [0.5, 0.6) is 0 Å². The number of carbonyl (C=O) groups is 2. The van der Waals surface area contributed by atoms with E-state index >= 15 is 0 Å². The summed E-state index contributed by atoms with van der Waals surface area (Å²) in [6, 6.07) is 13.8. The van der Waals surface area contributed by atoms with Gasteiger partial charge in [0.1, 0.15) is 0 Å². The number of nitrogens with zero attached hydrogens (tertiary/aromatic N) is 1. The molecule has 1 N–H and O–H groups in total. The second-order valence-electron chi connectivity index (χ2n) is 7.76. The zero-order valence-corrected chi connectivity index (χ0v) is 18.8. The van der Waals surface area contributed by atoms with Crippen molar-refractivity contribution in [2.75, 3.05) is 30.8 Å². The van der Waals surface area contributed by atoms with E-state index in [1.54, 1.807) is 4.90 Å². The summed E-state index contributed by atoms with van der Waals surface area (Å²) in [4.78, 5) is 28.5. The molecule has 0 saturated carbocycles. The number of benzene rings is 2. The summed E-state index contributed by atoms with van der Waals surface area (Å²) in [5.41, 5.74) is 4.10. The Morgan fingerprint density at radius 1 is 1.10 bits per heavy atom. The molecule has 1 atom stereocenters. The molecular formula is C24H30N2O3S. The molecule has 0 spiro atoms. The van der Waals surface area contributed by atoms with Crippen molar-refractivity contribution in [3.63, 3.8) is 0 Å². The predicted octanol–water partition coefficient (Wildman–Crippen LogP) is 4.35. The van der Waals surface area contributed by atoms with Gasteiger partial charge in [-0.15, -0.1) is 11.8 Å². The van der Waals surface area contributed by atoms with Crippen molar-refractivity contribution in [2.24, 2.45) is 0 Å². The molecule has 0 bridgehead atoms. The Kier molecular flexibility index (Phi) is 7.94. The maximum atomic E-state index is 13.0. The van der Waals surface area contributed by atoms with Crippen LogP contribution in [0.4, 0.5) is 5.69 Å². The molecule has 160 valence electrons. The monoisotopic (exact) mass is 426 g/mol. The first-order valence-corrected chi connectivity index (χ1v) is 11.4. The number of hydrogen-bond acceptors (Lipinski definition) is 4. The van der Waals surface area contributed by atoms with Gasteiger partial charge in [-0.3, -0.25) is 9.59 Å². The number of rotatable bonds is 8. The molecule has 5 nitrogen and oxygen atoms in total. The largest absolute Gasteiger partial charge is 0.376 e. The molecule has 3 rings (SSSR count). The average Bonchev–Trinajstić information content (AvgIpc) is 3.23. The number of amides is 2. The molecule has 0 radical (unpaired) electrons. The van der Waals surface area contributed by atoms with E-state index in [-0.39, 0.29) is 24.5 Å². The van der Waals surface area contributed by atoms with Gasteiger partial charge in [0, 0.05) is 23.7 Å². The average molecular weight is 427 g/mol. The van der Waals surface area contributed by atoms with Crippen molar-refractivity contribution in [3.8, 4) is 0 Å². The molecule has 2 amide bonds. The molecule has 30 heavy (non-hydrogen) atoms. The van der Waals surface area contributed by atoms with Crippen LogP contribution in [0.15, 0.2) is 47.4 Å². The SMILES string of the molecule is Cc1ccccc1SCC(=O)N(CC(=O)Nc1cccc(C)c1C)CC1CCCO1. The van der Waals surface area contributed by atoms with Crippen molar-refractivity contribution in [1.82, 2.24) is 4.90 Å². The topological polar surface area (TPSA) is 58.6 Å². The van der Waals surface area contributed by atoms with Crippen LogP contribution in [-0.2, 0) is 14.3 Å². The minimum absolute atomic E-state index is 0.00548. The minimum atomic E-state index is -0.184. The second-order valence-corrected chi connectivity index (χ2v) is 8.78. The van der Waals surface area contributed by atoms with E-state index in [9.17, 15) is 9.59 Å². The lowest BCUT2D eigenvalue weighted by atomic mass is 10.1. The number of anilines is 1. The molecule has 1 saturated heterocycles. The molecule has 1 unspecified atom stereocenters. The van der Waals surface area contributed by atoms with Crippen LogP contribution in [0.3, 0.4) is 0 Å². The fourth-order valence-electron chi connectivity index (χ4n) is 3.49. The van der Waals surface area contributed by atoms with E-state index in [1.165, 1.54) is 11.8 Å². The molecule has 1 aliphatic heterocycles. The number of thioether (sulfide) groups is 1. The predicted molar refractivity (Wildman–Crippen MR) is 122 cm³/mol. The number of nitrogens with one attached hydrogen (secondary N) is 1. The van der Waals surface area contributed by atoms with Crippen molar-refractivity contribution in [1.29, 1.82) is 0 Å². The Balaban J connectivity index is 1.65. The summed E-state index contributed by atoms with van der Waals surface area (Å²) in [6.07, 6.45) is 1.93. The van der Waals surface area contributed by atoms with Crippen LogP contribution in [-0.4, -0.2) is 48.3 Å². The molecule has 0 aromatic heterocycles. The Hall–Kier alpha value is -2.31. The first kappa shape index (κ1) is 22.4. The molecule has 2 aromatic carbocycles. The van der Waals surface area contributed by atoms with Crippen LogP contribution in [0.2, 0.25) is 0 Å². The van der Waals surface area contributed by atoms with Gasteiger partial charge in [-0.05, 0) is 62.4 Å². The van der Waals surface area contributed by atoms with Crippen LogP contribution in [0.1, 0.15) is 29.5 Å². The number of hydrogen-bond donors (Lipinski definition) is 1. The lowest BCUT2D eigenvalue weighted by molar-refractivity contribution is -0.133. The normalized spacial score (nSPS) is 15.8. The Labute approximate surface area is 183 Å². The lowest BCUT2D eigenvalue weighted by Crippen LogP contribution is -2.43. The molecule has 1 fully saturated rings. The highest BCUT2D eigenvalue weighted by molar-refractivity contribution is 8.00. The van der Waals surface area contributed by atoms with Crippen molar-refractivity contribution in [3.05, 3.63) is 59.2 Å². The zero-order valence-electron chi connectivity index (χ0n) is 17.9. The third-order valence-corrected chi connectivity index (χ3v) is 6.62. The first-order valence-electron chi connectivity index (χ1n) is 10.4. The third-order valence-electron chi connectivity index (χ3n) is 5.46. The van der Waals surface area contributed by atoms with Gasteiger partial charge in [-0.2, -0.15) is 0 Å². The highest BCUT2D eigenvalue weighted by Crippen LogP contribution is 2.23. The molecule has 0 aliphatic carbocycles. The fraction of sp³-hybridized carbons (Fsp3) is 0.417. The van der Waals surface area contributed by atoms with Crippen molar-refractivity contribution in [2.45, 2.75) is 44.6 Å². The quantitative estimate of drug-likeness (QED) is 0.638. The highest BCUT2D eigenvalue weighted by Gasteiger charge is 2.24. The van der Waals surface area contributed by atoms with Crippen LogP contribution in [0, 0.1) is 20.8 Å². The third kappa shape index (κ3) is 6.09. The van der Waals surface area contributed by atoms with Gasteiger partial charge in [0.25, 0.3) is 0 Å². The number of carbonyl (C=O) groups excluding carboxylic acids is 2. The van der Waals surface area contributed by atoms with Crippen LogP contribution >= 0.6 is 11.8 Å². The summed E-state index contributed by atoms with van der Waals surface area (Å²) in [7, 11) is 0. The van der Waals surface area contributed by atoms with Gasteiger partial charge in [0.15, 0.2) is 0 Å². The Morgan fingerprint density at radius 2 is 1.87 bits per heavy atom.